The Labute approximate surface area is 125 Å². The molecule has 0 aliphatic carbocycles. The minimum atomic E-state index is -0.330. The lowest BCUT2D eigenvalue weighted by Gasteiger charge is -2.42. The number of likely N-dealkylation sites (N-methyl/N-ethyl adjacent to an activating group) is 1. The highest BCUT2D eigenvalue weighted by atomic mass is 19.1. The zero-order valence-corrected chi connectivity index (χ0v) is 12.9. The van der Waals surface area contributed by atoms with Crippen LogP contribution in [0.25, 0.3) is 0 Å². The number of hydrogen-bond acceptors (Lipinski definition) is 4. The standard InChI is InChI=1S/C16H24FNO3/c1-18-15(16(20-3)6-8-21-9-7-16)11-12-4-5-14(19-2)13(17)10-12/h4-5,10,15,18H,6-9,11H2,1-3H3. The van der Waals surface area contributed by atoms with Crippen molar-refractivity contribution in [3.05, 3.63) is 29.6 Å². The third-order valence-corrected chi connectivity index (χ3v) is 4.39. The van der Waals surface area contributed by atoms with Crippen LogP contribution in [0.5, 0.6) is 5.75 Å². The first kappa shape index (κ1) is 16.2. The van der Waals surface area contributed by atoms with Crippen LogP contribution in [-0.2, 0) is 15.9 Å². The van der Waals surface area contributed by atoms with Crippen LogP contribution in [0.1, 0.15) is 18.4 Å². The van der Waals surface area contributed by atoms with Gasteiger partial charge in [0.1, 0.15) is 0 Å². The number of benzene rings is 1. The zero-order chi connectivity index (χ0) is 15.3. The van der Waals surface area contributed by atoms with Crippen LogP contribution in [0.2, 0.25) is 0 Å². The van der Waals surface area contributed by atoms with Gasteiger partial charge >= 0.3 is 0 Å². The molecular formula is C16H24FNO3. The van der Waals surface area contributed by atoms with Gasteiger partial charge in [-0.2, -0.15) is 0 Å². The second-order valence-corrected chi connectivity index (χ2v) is 5.40. The van der Waals surface area contributed by atoms with Crippen molar-refractivity contribution in [3.63, 3.8) is 0 Å². The molecule has 1 aliphatic rings. The summed E-state index contributed by atoms with van der Waals surface area (Å²) in [6, 6.07) is 5.21. The SMILES string of the molecule is CNC(Cc1ccc(OC)c(F)c1)C1(OC)CCOCC1. The highest BCUT2D eigenvalue weighted by Gasteiger charge is 2.39. The van der Waals surface area contributed by atoms with E-state index < -0.39 is 0 Å². The average molecular weight is 297 g/mol. The van der Waals surface area contributed by atoms with Crippen molar-refractivity contribution in [2.75, 3.05) is 34.5 Å². The molecule has 1 aliphatic heterocycles. The summed E-state index contributed by atoms with van der Waals surface area (Å²) >= 11 is 0. The molecule has 1 heterocycles. The summed E-state index contributed by atoms with van der Waals surface area (Å²) in [4.78, 5) is 0. The van der Waals surface area contributed by atoms with Gasteiger partial charge in [0.05, 0.1) is 12.7 Å². The largest absolute Gasteiger partial charge is 0.494 e. The second kappa shape index (κ2) is 7.20. The molecule has 1 N–H and O–H groups in total. The molecule has 1 fully saturated rings. The number of methoxy groups -OCH3 is 2. The quantitative estimate of drug-likeness (QED) is 0.873. The molecule has 118 valence electrons. The lowest BCUT2D eigenvalue weighted by atomic mass is 9.82. The smallest absolute Gasteiger partial charge is 0.165 e. The Morgan fingerprint density at radius 3 is 2.57 bits per heavy atom. The van der Waals surface area contributed by atoms with E-state index in [0.717, 1.165) is 18.4 Å². The first-order valence-corrected chi connectivity index (χ1v) is 7.28. The topological polar surface area (TPSA) is 39.7 Å². The molecule has 0 saturated carbocycles. The molecule has 0 amide bonds. The Hall–Kier alpha value is -1.17. The van der Waals surface area contributed by atoms with Crippen LogP contribution >= 0.6 is 0 Å². The van der Waals surface area contributed by atoms with Gasteiger partial charge in [-0.1, -0.05) is 6.07 Å². The lowest BCUT2D eigenvalue weighted by molar-refractivity contribution is -0.109. The Balaban J connectivity index is 2.16. The Morgan fingerprint density at radius 2 is 2.05 bits per heavy atom. The van der Waals surface area contributed by atoms with E-state index in [1.54, 1.807) is 13.2 Å². The predicted molar refractivity (Wildman–Crippen MR) is 79.3 cm³/mol. The predicted octanol–water partition coefficient (Wildman–Crippen LogP) is 2.16. The Kier molecular flexibility index (Phi) is 5.56. The van der Waals surface area contributed by atoms with Crippen molar-refractivity contribution in [1.29, 1.82) is 0 Å². The third kappa shape index (κ3) is 3.54. The summed E-state index contributed by atoms with van der Waals surface area (Å²) in [6.07, 6.45) is 2.38. The third-order valence-electron chi connectivity index (χ3n) is 4.39. The minimum absolute atomic E-state index is 0.110. The molecule has 0 bridgehead atoms. The molecule has 0 aromatic heterocycles. The van der Waals surface area contributed by atoms with Gasteiger partial charge in [0.25, 0.3) is 0 Å². The normalized spacial score (nSPS) is 19.2. The maximum Gasteiger partial charge on any atom is 0.165 e. The number of halogens is 1. The van der Waals surface area contributed by atoms with Crippen LogP contribution in [0.15, 0.2) is 18.2 Å². The molecule has 1 aromatic carbocycles. The fraction of sp³-hybridized carbons (Fsp3) is 0.625. The van der Waals surface area contributed by atoms with Crippen molar-refractivity contribution >= 4 is 0 Å². The summed E-state index contributed by atoms with van der Waals surface area (Å²) in [5, 5.41) is 3.33. The van der Waals surface area contributed by atoms with Crippen molar-refractivity contribution < 1.29 is 18.6 Å². The molecule has 1 unspecified atom stereocenters. The number of hydrogen-bond donors (Lipinski definition) is 1. The van der Waals surface area contributed by atoms with Crippen LogP contribution in [0.3, 0.4) is 0 Å². The van der Waals surface area contributed by atoms with E-state index in [2.05, 4.69) is 5.32 Å². The zero-order valence-electron chi connectivity index (χ0n) is 12.9. The molecule has 5 heteroatoms. The van der Waals surface area contributed by atoms with E-state index in [0.29, 0.717) is 19.6 Å². The van der Waals surface area contributed by atoms with E-state index in [9.17, 15) is 4.39 Å². The molecule has 0 radical (unpaired) electrons. The molecule has 2 rings (SSSR count). The molecular weight excluding hydrogens is 273 g/mol. The fourth-order valence-electron chi connectivity index (χ4n) is 3.04. The van der Waals surface area contributed by atoms with Gasteiger partial charge in [-0.15, -0.1) is 0 Å². The summed E-state index contributed by atoms with van der Waals surface area (Å²) in [7, 11) is 5.13. The van der Waals surface area contributed by atoms with E-state index >= 15 is 0 Å². The van der Waals surface area contributed by atoms with Crippen molar-refractivity contribution in [3.8, 4) is 5.75 Å². The van der Waals surface area contributed by atoms with Crippen molar-refractivity contribution in [2.24, 2.45) is 0 Å². The van der Waals surface area contributed by atoms with Crippen molar-refractivity contribution in [2.45, 2.75) is 30.9 Å². The fourth-order valence-corrected chi connectivity index (χ4v) is 3.04. The lowest BCUT2D eigenvalue weighted by Crippen LogP contribution is -2.55. The Bertz CT molecular complexity index is 461. The maximum atomic E-state index is 13.8. The molecule has 1 atom stereocenters. The van der Waals surface area contributed by atoms with E-state index in [4.69, 9.17) is 14.2 Å². The summed E-state index contributed by atoms with van der Waals surface area (Å²) in [5.74, 6) is -0.0597. The van der Waals surface area contributed by atoms with Gasteiger partial charge in [0.15, 0.2) is 11.6 Å². The molecule has 0 spiro atoms. The second-order valence-electron chi connectivity index (χ2n) is 5.40. The Morgan fingerprint density at radius 1 is 1.33 bits per heavy atom. The first-order valence-electron chi connectivity index (χ1n) is 7.28. The summed E-state index contributed by atoms with van der Waals surface area (Å²) < 4.78 is 30.0. The minimum Gasteiger partial charge on any atom is -0.494 e. The van der Waals surface area contributed by atoms with E-state index in [-0.39, 0.29) is 23.2 Å². The van der Waals surface area contributed by atoms with Crippen LogP contribution in [0.4, 0.5) is 4.39 Å². The van der Waals surface area contributed by atoms with Gasteiger partial charge in [-0.05, 0) is 31.2 Å². The highest BCUT2D eigenvalue weighted by Crippen LogP contribution is 2.30. The first-order chi connectivity index (χ1) is 10.1. The average Bonchev–Trinajstić information content (AvgIpc) is 2.53. The maximum absolute atomic E-state index is 13.8. The van der Waals surface area contributed by atoms with Gasteiger partial charge in [-0.25, -0.2) is 4.39 Å². The van der Waals surface area contributed by atoms with Gasteiger partial charge < -0.3 is 19.5 Å². The molecule has 21 heavy (non-hydrogen) atoms. The molecule has 1 aromatic rings. The molecule has 4 nitrogen and oxygen atoms in total. The van der Waals surface area contributed by atoms with Gasteiger partial charge in [-0.3, -0.25) is 0 Å². The monoisotopic (exact) mass is 297 g/mol. The summed E-state index contributed by atoms with van der Waals surface area (Å²) in [5.41, 5.74) is 0.666. The van der Waals surface area contributed by atoms with Crippen molar-refractivity contribution in [1.82, 2.24) is 5.32 Å². The number of rotatable bonds is 6. The summed E-state index contributed by atoms with van der Waals surface area (Å²) in [6.45, 7) is 1.39. The van der Waals surface area contributed by atoms with Gasteiger partial charge in [0, 0.05) is 39.2 Å². The van der Waals surface area contributed by atoms with Crippen LogP contribution in [0, 0.1) is 5.82 Å². The number of nitrogens with one attached hydrogen (secondary N) is 1. The van der Waals surface area contributed by atoms with E-state index in [1.807, 2.05) is 13.1 Å². The van der Waals surface area contributed by atoms with Gasteiger partial charge in [0.2, 0.25) is 0 Å². The molecule has 1 saturated heterocycles. The van der Waals surface area contributed by atoms with Crippen LogP contribution < -0.4 is 10.1 Å². The van der Waals surface area contributed by atoms with E-state index in [1.165, 1.54) is 13.2 Å². The highest BCUT2D eigenvalue weighted by molar-refractivity contribution is 5.30. The number of ether oxygens (including phenoxy) is 3. The van der Waals surface area contributed by atoms with Crippen LogP contribution in [-0.4, -0.2) is 46.1 Å².